The molecule has 1 aromatic heterocycles. The third-order valence-corrected chi connectivity index (χ3v) is 2.69. The summed E-state index contributed by atoms with van der Waals surface area (Å²) >= 11 is 0. The van der Waals surface area contributed by atoms with Crippen LogP contribution in [0.1, 0.15) is 17.5 Å². The van der Waals surface area contributed by atoms with Gasteiger partial charge in [0.05, 0.1) is 0 Å². The third-order valence-electron chi connectivity index (χ3n) is 2.69. The minimum absolute atomic E-state index is 0.216. The lowest BCUT2D eigenvalue weighted by molar-refractivity contribution is -0.144. The monoisotopic (exact) mass is 256 g/mol. The molecule has 1 heterocycles. The molecule has 0 aliphatic heterocycles. The average Bonchev–Trinajstić information content (AvgIpc) is 2.44. The summed E-state index contributed by atoms with van der Waals surface area (Å²) in [5.41, 5.74) is 8.31. The van der Waals surface area contributed by atoms with Crippen LogP contribution in [-0.2, 0) is 22.6 Å². The first-order chi connectivity index (χ1) is 9.24. The number of nitrogens with two attached hydrogens (primary N) is 1. The van der Waals surface area contributed by atoms with E-state index in [9.17, 15) is 4.79 Å². The zero-order valence-electron chi connectivity index (χ0n) is 10.6. The molecule has 2 rings (SSSR count). The number of rotatable bonds is 5. The van der Waals surface area contributed by atoms with Crippen LogP contribution in [0.3, 0.4) is 0 Å². The highest BCUT2D eigenvalue weighted by atomic mass is 16.5. The number of aromatic nitrogens is 1. The lowest BCUT2D eigenvalue weighted by atomic mass is 10.1. The predicted octanol–water partition coefficient (Wildman–Crippen LogP) is 2.34. The van der Waals surface area contributed by atoms with Crippen molar-refractivity contribution >= 4 is 11.7 Å². The lowest BCUT2D eigenvalue weighted by Gasteiger charge is -2.05. The van der Waals surface area contributed by atoms with Crippen LogP contribution >= 0.6 is 0 Å². The Kier molecular flexibility index (Phi) is 4.50. The van der Waals surface area contributed by atoms with Gasteiger partial charge in [-0.3, -0.25) is 9.78 Å². The molecule has 0 unspecified atom stereocenters. The topological polar surface area (TPSA) is 65.2 Å². The standard InChI is InChI=1S/C15H16N2O2/c16-14-5-1-3-12(9-14)6-7-15(18)19-11-13-4-2-8-17-10-13/h1-5,8-10H,6-7,11,16H2. The number of nitrogen functional groups attached to an aromatic ring is 1. The van der Waals surface area contributed by atoms with Gasteiger partial charge in [0.15, 0.2) is 0 Å². The summed E-state index contributed by atoms with van der Waals surface area (Å²) < 4.78 is 5.17. The van der Waals surface area contributed by atoms with Crippen molar-refractivity contribution in [3.63, 3.8) is 0 Å². The fourth-order valence-corrected chi connectivity index (χ4v) is 1.71. The normalized spacial score (nSPS) is 10.1. The second-order valence-electron chi connectivity index (χ2n) is 4.27. The molecule has 4 heteroatoms. The molecule has 0 saturated carbocycles. The minimum Gasteiger partial charge on any atom is -0.461 e. The number of benzene rings is 1. The van der Waals surface area contributed by atoms with E-state index in [-0.39, 0.29) is 12.6 Å². The molecule has 0 radical (unpaired) electrons. The van der Waals surface area contributed by atoms with E-state index in [0.29, 0.717) is 18.5 Å². The second kappa shape index (κ2) is 6.54. The lowest BCUT2D eigenvalue weighted by Crippen LogP contribution is -2.06. The number of carbonyl (C=O) groups is 1. The molecule has 0 spiro atoms. The first-order valence-electron chi connectivity index (χ1n) is 6.13. The van der Waals surface area contributed by atoms with Crippen LogP contribution in [0.15, 0.2) is 48.8 Å². The zero-order valence-corrected chi connectivity index (χ0v) is 10.6. The number of pyridine rings is 1. The Morgan fingerprint density at radius 1 is 1.21 bits per heavy atom. The number of hydrogen-bond acceptors (Lipinski definition) is 4. The molecule has 4 nitrogen and oxygen atoms in total. The smallest absolute Gasteiger partial charge is 0.306 e. The number of esters is 1. The van der Waals surface area contributed by atoms with Gasteiger partial charge in [-0.25, -0.2) is 0 Å². The highest BCUT2D eigenvalue weighted by Gasteiger charge is 2.04. The summed E-state index contributed by atoms with van der Waals surface area (Å²) in [6, 6.07) is 11.2. The first kappa shape index (κ1) is 13.1. The average molecular weight is 256 g/mol. The van der Waals surface area contributed by atoms with E-state index in [1.807, 2.05) is 36.4 Å². The van der Waals surface area contributed by atoms with Crippen molar-refractivity contribution in [3.8, 4) is 0 Å². The van der Waals surface area contributed by atoms with Crippen molar-refractivity contribution in [2.45, 2.75) is 19.4 Å². The number of aryl methyl sites for hydroxylation is 1. The van der Waals surface area contributed by atoms with Crippen molar-refractivity contribution in [2.24, 2.45) is 0 Å². The van der Waals surface area contributed by atoms with Gasteiger partial charge in [-0.1, -0.05) is 18.2 Å². The van der Waals surface area contributed by atoms with E-state index < -0.39 is 0 Å². The molecule has 0 aliphatic rings. The van der Waals surface area contributed by atoms with Crippen molar-refractivity contribution in [1.29, 1.82) is 0 Å². The number of hydrogen-bond donors (Lipinski definition) is 1. The fourth-order valence-electron chi connectivity index (χ4n) is 1.71. The maximum Gasteiger partial charge on any atom is 0.306 e. The molecule has 0 fully saturated rings. The van der Waals surface area contributed by atoms with E-state index in [1.54, 1.807) is 12.4 Å². The Morgan fingerprint density at radius 3 is 2.79 bits per heavy atom. The van der Waals surface area contributed by atoms with Gasteiger partial charge < -0.3 is 10.5 Å². The van der Waals surface area contributed by atoms with E-state index in [0.717, 1.165) is 11.1 Å². The van der Waals surface area contributed by atoms with E-state index in [1.165, 1.54) is 0 Å². The van der Waals surface area contributed by atoms with Crippen LogP contribution in [-0.4, -0.2) is 11.0 Å². The molecule has 1 aromatic carbocycles. The van der Waals surface area contributed by atoms with E-state index in [2.05, 4.69) is 4.98 Å². The Labute approximate surface area is 112 Å². The Bertz CT molecular complexity index is 541. The maximum atomic E-state index is 11.6. The minimum atomic E-state index is -0.216. The Morgan fingerprint density at radius 2 is 2.05 bits per heavy atom. The molecule has 0 amide bonds. The number of carbonyl (C=O) groups excluding carboxylic acids is 1. The Hall–Kier alpha value is -2.36. The summed E-state index contributed by atoms with van der Waals surface area (Å²) in [5, 5.41) is 0. The van der Waals surface area contributed by atoms with Crippen molar-refractivity contribution in [1.82, 2.24) is 4.98 Å². The predicted molar refractivity (Wildman–Crippen MR) is 73.2 cm³/mol. The van der Waals surface area contributed by atoms with Gasteiger partial charge in [0, 0.05) is 30.1 Å². The molecule has 0 saturated heterocycles. The molecule has 0 atom stereocenters. The quantitative estimate of drug-likeness (QED) is 0.658. The molecular weight excluding hydrogens is 240 g/mol. The molecule has 2 N–H and O–H groups in total. The molecule has 0 bridgehead atoms. The van der Waals surface area contributed by atoms with Crippen molar-refractivity contribution in [3.05, 3.63) is 59.9 Å². The first-order valence-corrected chi connectivity index (χ1v) is 6.13. The molecular formula is C15H16N2O2. The molecule has 2 aromatic rings. The largest absolute Gasteiger partial charge is 0.461 e. The van der Waals surface area contributed by atoms with Crippen molar-refractivity contribution in [2.75, 3.05) is 5.73 Å². The van der Waals surface area contributed by atoms with Crippen molar-refractivity contribution < 1.29 is 9.53 Å². The fraction of sp³-hybridized carbons (Fsp3) is 0.200. The summed E-state index contributed by atoms with van der Waals surface area (Å²) in [6.07, 6.45) is 4.36. The van der Waals surface area contributed by atoms with Crippen LogP contribution in [0, 0.1) is 0 Å². The number of anilines is 1. The van der Waals surface area contributed by atoms with E-state index in [4.69, 9.17) is 10.5 Å². The summed E-state index contributed by atoms with van der Waals surface area (Å²) in [6.45, 7) is 0.267. The molecule has 19 heavy (non-hydrogen) atoms. The van der Waals surface area contributed by atoms with Crippen LogP contribution in [0.2, 0.25) is 0 Å². The molecule has 98 valence electrons. The Balaban J connectivity index is 1.76. The van der Waals surface area contributed by atoms with Gasteiger partial charge >= 0.3 is 5.97 Å². The molecule has 0 aliphatic carbocycles. The van der Waals surface area contributed by atoms with Gasteiger partial charge in [-0.2, -0.15) is 0 Å². The number of nitrogens with zero attached hydrogens (tertiary/aromatic N) is 1. The van der Waals surface area contributed by atoms with Gasteiger partial charge in [0.25, 0.3) is 0 Å². The van der Waals surface area contributed by atoms with Crippen LogP contribution in [0.5, 0.6) is 0 Å². The van der Waals surface area contributed by atoms with Gasteiger partial charge in [0.2, 0.25) is 0 Å². The van der Waals surface area contributed by atoms with E-state index >= 15 is 0 Å². The van der Waals surface area contributed by atoms with Gasteiger partial charge in [0.1, 0.15) is 6.61 Å². The highest BCUT2D eigenvalue weighted by Crippen LogP contribution is 2.09. The maximum absolute atomic E-state index is 11.6. The summed E-state index contributed by atoms with van der Waals surface area (Å²) in [4.78, 5) is 15.6. The van der Waals surface area contributed by atoms with Crippen LogP contribution in [0.4, 0.5) is 5.69 Å². The highest BCUT2D eigenvalue weighted by molar-refractivity contribution is 5.69. The summed E-state index contributed by atoms with van der Waals surface area (Å²) in [5.74, 6) is -0.216. The van der Waals surface area contributed by atoms with Crippen LogP contribution in [0.25, 0.3) is 0 Å². The zero-order chi connectivity index (χ0) is 13.5. The SMILES string of the molecule is Nc1cccc(CCC(=O)OCc2cccnc2)c1. The third kappa shape index (κ3) is 4.43. The van der Waals surface area contributed by atoms with Gasteiger partial charge in [-0.05, 0) is 30.2 Å². The number of ether oxygens (including phenoxy) is 1. The second-order valence-corrected chi connectivity index (χ2v) is 4.27. The van der Waals surface area contributed by atoms with Crippen LogP contribution < -0.4 is 5.73 Å². The summed E-state index contributed by atoms with van der Waals surface area (Å²) in [7, 11) is 0. The van der Waals surface area contributed by atoms with Gasteiger partial charge in [-0.15, -0.1) is 0 Å².